The predicted molar refractivity (Wildman–Crippen MR) is 69.5 cm³/mol. The fourth-order valence-electron chi connectivity index (χ4n) is 2.51. The Labute approximate surface area is 105 Å². The van der Waals surface area contributed by atoms with Gasteiger partial charge in [0.15, 0.2) is 0 Å². The van der Waals surface area contributed by atoms with Crippen LogP contribution in [0.4, 0.5) is 8.78 Å². The highest BCUT2D eigenvalue weighted by atomic mass is 33.1. The highest BCUT2D eigenvalue weighted by molar-refractivity contribution is 8.77. The zero-order chi connectivity index (χ0) is 11.4. The van der Waals surface area contributed by atoms with E-state index in [9.17, 15) is 8.78 Å². The van der Waals surface area contributed by atoms with Crippen LogP contribution in [0, 0.1) is 0 Å². The second kappa shape index (κ2) is 6.48. The van der Waals surface area contributed by atoms with Gasteiger partial charge in [-0.2, -0.15) is 0 Å². The Morgan fingerprint density at radius 2 is 1.12 bits per heavy atom. The van der Waals surface area contributed by atoms with Crippen molar-refractivity contribution in [3.8, 4) is 0 Å². The Bertz CT molecular complexity index is 191. The van der Waals surface area contributed by atoms with E-state index in [1.165, 1.54) is 0 Å². The molecular weight excluding hydrogens is 246 g/mol. The summed E-state index contributed by atoms with van der Waals surface area (Å²) in [6.07, 6.45) is 6.07. The average molecular weight is 266 g/mol. The molecule has 0 aromatic heterocycles. The van der Waals surface area contributed by atoms with Crippen molar-refractivity contribution in [1.82, 2.24) is 0 Å². The molecule has 4 unspecified atom stereocenters. The largest absolute Gasteiger partial charge is 0.247 e. The first-order valence-corrected chi connectivity index (χ1v) is 8.62. The van der Waals surface area contributed by atoms with Crippen molar-refractivity contribution in [3.05, 3.63) is 0 Å². The molecule has 0 aromatic carbocycles. The lowest BCUT2D eigenvalue weighted by molar-refractivity contribution is 0.255. The Hall–Kier alpha value is 0.560. The molecule has 2 rings (SSSR count). The van der Waals surface area contributed by atoms with Crippen molar-refractivity contribution in [1.29, 1.82) is 0 Å². The van der Waals surface area contributed by atoms with Crippen LogP contribution in [0.15, 0.2) is 0 Å². The first kappa shape index (κ1) is 13.0. The minimum absolute atomic E-state index is 0.466. The van der Waals surface area contributed by atoms with E-state index >= 15 is 0 Å². The second-order valence-corrected chi connectivity index (χ2v) is 7.84. The zero-order valence-electron chi connectivity index (χ0n) is 9.54. The normalized spacial score (nSPS) is 40.9. The highest BCUT2D eigenvalue weighted by Gasteiger charge is 2.26. The van der Waals surface area contributed by atoms with Gasteiger partial charge in [-0.1, -0.05) is 21.6 Å². The van der Waals surface area contributed by atoms with Crippen molar-refractivity contribution in [3.63, 3.8) is 0 Å². The molecule has 0 radical (unpaired) electrons. The van der Waals surface area contributed by atoms with Gasteiger partial charge in [0, 0.05) is 10.5 Å². The maximum Gasteiger partial charge on any atom is 0.101 e. The van der Waals surface area contributed by atoms with Crippen molar-refractivity contribution in [2.75, 3.05) is 0 Å². The molecule has 4 atom stereocenters. The van der Waals surface area contributed by atoms with Gasteiger partial charge >= 0.3 is 0 Å². The molecule has 0 nitrogen and oxygen atoms in total. The zero-order valence-corrected chi connectivity index (χ0v) is 11.2. The molecule has 0 N–H and O–H groups in total. The molecule has 94 valence electrons. The first-order valence-electron chi connectivity index (χ1n) is 6.34. The molecule has 4 heteroatoms. The summed E-state index contributed by atoms with van der Waals surface area (Å²) in [4.78, 5) is 0. The van der Waals surface area contributed by atoms with Crippen LogP contribution in [0.25, 0.3) is 0 Å². The minimum Gasteiger partial charge on any atom is -0.247 e. The number of rotatable bonds is 3. The van der Waals surface area contributed by atoms with Crippen LogP contribution in [0.1, 0.15) is 51.4 Å². The van der Waals surface area contributed by atoms with Crippen molar-refractivity contribution in [2.24, 2.45) is 0 Å². The van der Waals surface area contributed by atoms with Crippen molar-refractivity contribution >= 4 is 21.6 Å². The number of halogens is 2. The third kappa shape index (κ3) is 4.10. The van der Waals surface area contributed by atoms with Crippen LogP contribution in [0.2, 0.25) is 0 Å². The molecule has 0 bridgehead atoms. The monoisotopic (exact) mass is 266 g/mol. The van der Waals surface area contributed by atoms with E-state index in [4.69, 9.17) is 0 Å². The summed E-state index contributed by atoms with van der Waals surface area (Å²) in [5.74, 6) is 0. The van der Waals surface area contributed by atoms with Crippen LogP contribution in [0.5, 0.6) is 0 Å². The maximum atomic E-state index is 13.2. The lowest BCUT2D eigenvalue weighted by Gasteiger charge is -2.27. The summed E-state index contributed by atoms with van der Waals surface area (Å²) in [6, 6.07) is 0. The number of alkyl halides is 2. The molecular formula is C12H20F2S2. The van der Waals surface area contributed by atoms with Gasteiger partial charge in [0.2, 0.25) is 0 Å². The van der Waals surface area contributed by atoms with Gasteiger partial charge in [0.1, 0.15) is 12.3 Å². The number of hydrogen-bond acceptors (Lipinski definition) is 2. The van der Waals surface area contributed by atoms with E-state index in [-0.39, 0.29) is 0 Å². The summed E-state index contributed by atoms with van der Waals surface area (Å²) in [5, 5.41) is 0.933. The predicted octanol–water partition coefficient (Wildman–Crippen LogP) is 4.93. The molecule has 2 saturated carbocycles. The van der Waals surface area contributed by atoms with Gasteiger partial charge in [-0.15, -0.1) is 0 Å². The standard InChI is InChI=1S/C12H20F2S2/c13-9-3-1-5-11(7-9)15-16-12-6-2-4-10(14)8-12/h9-12H,1-8H2. The van der Waals surface area contributed by atoms with E-state index in [0.29, 0.717) is 23.3 Å². The van der Waals surface area contributed by atoms with Crippen LogP contribution >= 0.6 is 21.6 Å². The van der Waals surface area contributed by atoms with Gasteiger partial charge in [-0.05, 0) is 51.4 Å². The summed E-state index contributed by atoms with van der Waals surface area (Å²) in [6.45, 7) is 0. The molecule has 0 spiro atoms. The Kier molecular flexibility index (Phi) is 5.27. The summed E-state index contributed by atoms with van der Waals surface area (Å²) in [7, 11) is 3.64. The van der Waals surface area contributed by atoms with Gasteiger partial charge in [0.05, 0.1) is 0 Å². The van der Waals surface area contributed by atoms with Gasteiger partial charge in [-0.3, -0.25) is 0 Å². The summed E-state index contributed by atoms with van der Waals surface area (Å²) in [5.41, 5.74) is 0. The van der Waals surface area contributed by atoms with Crippen molar-refractivity contribution < 1.29 is 8.78 Å². The van der Waals surface area contributed by atoms with Crippen LogP contribution in [-0.2, 0) is 0 Å². The van der Waals surface area contributed by atoms with Crippen LogP contribution in [-0.4, -0.2) is 22.8 Å². The quantitative estimate of drug-likeness (QED) is 0.664. The lowest BCUT2D eigenvalue weighted by atomic mass is 9.98. The fourth-order valence-corrected chi connectivity index (χ4v) is 5.91. The van der Waals surface area contributed by atoms with E-state index in [0.717, 1.165) is 38.5 Å². The summed E-state index contributed by atoms with van der Waals surface area (Å²) < 4.78 is 26.4. The molecule has 0 aliphatic heterocycles. The minimum atomic E-state index is -0.591. The molecule has 0 heterocycles. The third-order valence-corrected chi connectivity index (χ3v) is 6.93. The molecule has 2 aliphatic rings. The van der Waals surface area contributed by atoms with E-state index < -0.39 is 12.3 Å². The Morgan fingerprint density at radius 3 is 1.50 bits per heavy atom. The van der Waals surface area contributed by atoms with Crippen molar-refractivity contribution in [2.45, 2.75) is 74.2 Å². The van der Waals surface area contributed by atoms with Gasteiger partial charge < -0.3 is 0 Å². The molecule has 16 heavy (non-hydrogen) atoms. The van der Waals surface area contributed by atoms with Gasteiger partial charge in [-0.25, -0.2) is 8.78 Å². The first-order chi connectivity index (χ1) is 7.74. The third-order valence-electron chi connectivity index (χ3n) is 3.45. The molecule has 0 aromatic rings. The average Bonchev–Trinajstić information content (AvgIpc) is 2.27. The smallest absolute Gasteiger partial charge is 0.101 e. The van der Waals surface area contributed by atoms with Crippen LogP contribution in [0.3, 0.4) is 0 Å². The topological polar surface area (TPSA) is 0 Å². The van der Waals surface area contributed by atoms with E-state index in [1.54, 1.807) is 0 Å². The fraction of sp³-hybridized carbons (Fsp3) is 1.00. The highest BCUT2D eigenvalue weighted by Crippen LogP contribution is 2.43. The number of hydrogen-bond donors (Lipinski definition) is 0. The Morgan fingerprint density at radius 1 is 0.688 bits per heavy atom. The molecule has 0 saturated heterocycles. The van der Waals surface area contributed by atoms with Gasteiger partial charge in [0.25, 0.3) is 0 Å². The molecule has 2 aliphatic carbocycles. The molecule has 0 amide bonds. The summed E-state index contributed by atoms with van der Waals surface area (Å²) >= 11 is 0. The van der Waals surface area contributed by atoms with E-state index in [2.05, 4.69) is 0 Å². The lowest BCUT2D eigenvalue weighted by Crippen LogP contribution is -2.20. The Balaban J connectivity index is 1.66. The second-order valence-electron chi connectivity index (χ2n) is 4.96. The van der Waals surface area contributed by atoms with Crippen LogP contribution < -0.4 is 0 Å². The maximum absolute atomic E-state index is 13.2. The molecule has 2 fully saturated rings. The van der Waals surface area contributed by atoms with E-state index in [1.807, 2.05) is 21.6 Å². The SMILES string of the molecule is FC1CCCC(SSC2CCCC(F)C2)C1.